The number of alkyl halides is 3. The van der Waals surface area contributed by atoms with Gasteiger partial charge in [-0.3, -0.25) is 4.79 Å². The summed E-state index contributed by atoms with van der Waals surface area (Å²) in [4.78, 5) is 13.5. The van der Waals surface area contributed by atoms with Gasteiger partial charge in [0.05, 0.1) is 11.1 Å². The number of rotatable bonds is 1. The van der Waals surface area contributed by atoms with E-state index in [2.05, 4.69) is 0 Å². The molecular weight excluding hydrogens is 281 g/mol. The molecule has 1 aliphatic rings. The van der Waals surface area contributed by atoms with Crippen LogP contribution >= 0.6 is 11.8 Å². The van der Waals surface area contributed by atoms with Crippen molar-refractivity contribution >= 4 is 17.7 Å². The normalized spacial score (nSPS) is 17.6. The van der Waals surface area contributed by atoms with Crippen LogP contribution in [-0.2, 0) is 6.18 Å². The second-order valence-electron chi connectivity index (χ2n) is 4.25. The summed E-state index contributed by atoms with van der Waals surface area (Å²) in [7, 11) is 0. The first-order chi connectivity index (χ1) is 8.89. The number of carbonyl (C=O) groups excluding carboxylic acids is 1. The monoisotopic (exact) mass is 292 g/mol. The van der Waals surface area contributed by atoms with E-state index in [4.69, 9.17) is 11.8 Å². The van der Waals surface area contributed by atoms with Gasteiger partial charge in [-0.1, -0.05) is 12.1 Å². The molecule has 104 valence electrons. The Morgan fingerprint density at radius 2 is 1.68 bits per heavy atom. The molecule has 0 N–H and O–H groups in total. The Kier molecular flexibility index (Phi) is 4.01. The fourth-order valence-electron chi connectivity index (χ4n) is 1.97. The van der Waals surface area contributed by atoms with Crippen molar-refractivity contribution in [2.75, 3.05) is 26.2 Å². The number of nitrogens with zero attached hydrogens (tertiary/aromatic N) is 2. The summed E-state index contributed by atoms with van der Waals surface area (Å²) in [6, 6.07) is 4.83. The Labute approximate surface area is 113 Å². The summed E-state index contributed by atoms with van der Waals surface area (Å²) in [6.45, 7) is 1.55. The molecule has 1 aromatic rings. The fraction of sp³-hybridized carbons (Fsp3) is 0.417. The van der Waals surface area contributed by atoms with E-state index < -0.39 is 17.6 Å². The van der Waals surface area contributed by atoms with Crippen molar-refractivity contribution in [3.63, 3.8) is 0 Å². The summed E-state index contributed by atoms with van der Waals surface area (Å²) in [5.74, 6) is -0.599. The lowest BCUT2D eigenvalue weighted by Gasteiger charge is -2.31. The molecule has 1 aromatic carbocycles. The highest BCUT2D eigenvalue weighted by atomic mass is 35.5. The lowest BCUT2D eigenvalue weighted by molar-refractivity contribution is -0.138. The summed E-state index contributed by atoms with van der Waals surface area (Å²) < 4.78 is 40.0. The second-order valence-corrected chi connectivity index (χ2v) is 4.72. The van der Waals surface area contributed by atoms with Gasteiger partial charge in [-0.05, 0) is 23.9 Å². The highest BCUT2D eigenvalue weighted by molar-refractivity contribution is 6.13. The van der Waals surface area contributed by atoms with E-state index in [0.29, 0.717) is 26.2 Å². The van der Waals surface area contributed by atoms with E-state index in [1.54, 1.807) is 0 Å². The molecule has 1 fully saturated rings. The molecule has 1 saturated heterocycles. The Balaban J connectivity index is 2.24. The van der Waals surface area contributed by atoms with E-state index >= 15 is 0 Å². The van der Waals surface area contributed by atoms with Gasteiger partial charge >= 0.3 is 6.18 Å². The van der Waals surface area contributed by atoms with Gasteiger partial charge < -0.3 is 4.90 Å². The summed E-state index contributed by atoms with van der Waals surface area (Å²) in [6.07, 6.45) is -4.53. The molecule has 19 heavy (non-hydrogen) atoms. The zero-order valence-corrected chi connectivity index (χ0v) is 10.7. The van der Waals surface area contributed by atoms with E-state index in [0.717, 1.165) is 6.07 Å². The molecule has 0 saturated carbocycles. The van der Waals surface area contributed by atoms with Crippen LogP contribution in [-0.4, -0.2) is 41.4 Å². The predicted octanol–water partition coefficient (Wildman–Crippen LogP) is 2.62. The van der Waals surface area contributed by atoms with Gasteiger partial charge in [-0.15, -0.1) is 0 Å². The summed E-state index contributed by atoms with van der Waals surface area (Å²) >= 11 is 5.75. The standard InChI is InChI=1S/C12H12ClF3N2O/c13-18-7-5-17(6-8-18)11(19)9-3-1-2-4-10(9)12(14,15)16/h1-4H,5-8H2. The SMILES string of the molecule is O=C(c1ccccc1C(F)(F)F)N1CCN(Cl)CC1. The molecule has 0 spiro atoms. The van der Waals surface area contributed by atoms with Crippen molar-refractivity contribution in [2.24, 2.45) is 0 Å². The summed E-state index contributed by atoms with van der Waals surface area (Å²) in [5.41, 5.74) is -1.20. The Hall–Kier alpha value is -1.27. The highest BCUT2D eigenvalue weighted by Crippen LogP contribution is 2.32. The number of benzene rings is 1. The average Bonchev–Trinajstić information content (AvgIpc) is 2.38. The number of piperazine rings is 1. The van der Waals surface area contributed by atoms with Crippen LogP contribution in [0.15, 0.2) is 24.3 Å². The van der Waals surface area contributed by atoms with Crippen molar-refractivity contribution < 1.29 is 18.0 Å². The summed E-state index contributed by atoms with van der Waals surface area (Å²) in [5, 5.41) is 0. The van der Waals surface area contributed by atoms with Crippen molar-refractivity contribution in [1.29, 1.82) is 0 Å². The minimum absolute atomic E-state index is 0.307. The van der Waals surface area contributed by atoms with Gasteiger partial charge in [0, 0.05) is 26.2 Å². The van der Waals surface area contributed by atoms with Gasteiger partial charge in [-0.25, -0.2) is 4.42 Å². The van der Waals surface area contributed by atoms with Crippen molar-refractivity contribution in [1.82, 2.24) is 9.32 Å². The molecule has 0 atom stereocenters. The highest BCUT2D eigenvalue weighted by Gasteiger charge is 2.36. The first-order valence-corrected chi connectivity index (χ1v) is 6.09. The van der Waals surface area contributed by atoms with Crippen LogP contribution in [0.25, 0.3) is 0 Å². The van der Waals surface area contributed by atoms with E-state index in [-0.39, 0.29) is 5.56 Å². The van der Waals surface area contributed by atoms with Crippen molar-refractivity contribution in [2.45, 2.75) is 6.18 Å². The first kappa shape index (κ1) is 14.1. The number of hydrogen-bond acceptors (Lipinski definition) is 2. The lowest BCUT2D eigenvalue weighted by Crippen LogP contribution is -2.45. The number of carbonyl (C=O) groups is 1. The molecule has 0 bridgehead atoms. The fourth-order valence-corrected chi connectivity index (χ4v) is 2.12. The second kappa shape index (κ2) is 5.38. The molecule has 0 radical (unpaired) electrons. The predicted molar refractivity (Wildman–Crippen MR) is 64.8 cm³/mol. The van der Waals surface area contributed by atoms with Crippen LogP contribution in [0.3, 0.4) is 0 Å². The lowest BCUT2D eigenvalue weighted by atomic mass is 10.1. The van der Waals surface area contributed by atoms with Gasteiger partial charge in [-0.2, -0.15) is 13.2 Å². The molecule has 3 nitrogen and oxygen atoms in total. The number of halogens is 4. The average molecular weight is 293 g/mol. The van der Waals surface area contributed by atoms with Gasteiger partial charge in [0.15, 0.2) is 0 Å². The quantitative estimate of drug-likeness (QED) is 0.743. The largest absolute Gasteiger partial charge is 0.417 e. The maximum absolute atomic E-state index is 12.8. The van der Waals surface area contributed by atoms with Crippen LogP contribution in [0.2, 0.25) is 0 Å². The third-order valence-electron chi connectivity index (χ3n) is 2.98. The maximum atomic E-state index is 12.8. The molecule has 1 amide bonds. The molecule has 0 aliphatic carbocycles. The topological polar surface area (TPSA) is 23.6 Å². The molecule has 1 aliphatic heterocycles. The van der Waals surface area contributed by atoms with E-state index in [9.17, 15) is 18.0 Å². The minimum Gasteiger partial charge on any atom is -0.336 e. The molecule has 0 aromatic heterocycles. The number of hydrogen-bond donors (Lipinski definition) is 0. The smallest absolute Gasteiger partial charge is 0.336 e. The first-order valence-electron chi connectivity index (χ1n) is 5.76. The molecular formula is C12H12ClF3N2O. The zero-order chi connectivity index (χ0) is 14.0. The Morgan fingerprint density at radius 3 is 2.26 bits per heavy atom. The van der Waals surface area contributed by atoms with Crippen LogP contribution in [0.5, 0.6) is 0 Å². The van der Waals surface area contributed by atoms with Crippen LogP contribution < -0.4 is 0 Å². The Morgan fingerprint density at radius 1 is 1.11 bits per heavy atom. The number of amides is 1. The Bertz CT molecular complexity index is 470. The van der Waals surface area contributed by atoms with Crippen LogP contribution in [0.1, 0.15) is 15.9 Å². The van der Waals surface area contributed by atoms with Crippen molar-refractivity contribution in [3.05, 3.63) is 35.4 Å². The molecule has 7 heteroatoms. The molecule has 2 rings (SSSR count). The molecule has 1 heterocycles. The maximum Gasteiger partial charge on any atom is 0.417 e. The zero-order valence-electron chi connectivity index (χ0n) is 9.95. The van der Waals surface area contributed by atoms with Crippen molar-refractivity contribution in [3.8, 4) is 0 Å². The third kappa shape index (κ3) is 3.19. The van der Waals surface area contributed by atoms with Gasteiger partial charge in [0.2, 0.25) is 0 Å². The third-order valence-corrected chi connectivity index (χ3v) is 3.31. The minimum atomic E-state index is -4.53. The molecule has 0 unspecified atom stereocenters. The van der Waals surface area contributed by atoms with Gasteiger partial charge in [0.1, 0.15) is 0 Å². The van der Waals surface area contributed by atoms with E-state index in [1.165, 1.54) is 27.5 Å². The van der Waals surface area contributed by atoms with Crippen LogP contribution in [0, 0.1) is 0 Å². The van der Waals surface area contributed by atoms with Crippen LogP contribution in [0.4, 0.5) is 13.2 Å². The van der Waals surface area contributed by atoms with Gasteiger partial charge in [0.25, 0.3) is 5.91 Å². The van der Waals surface area contributed by atoms with E-state index in [1.807, 2.05) is 0 Å².